The second-order valence-corrected chi connectivity index (χ2v) is 6.70. The molecule has 0 spiro atoms. The molecule has 0 bridgehead atoms. The maximum atomic E-state index is 14.9. The second-order valence-electron chi connectivity index (χ2n) is 6.70. The molecular weight excluding hydrogens is 349 g/mol. The zero-order chi connectivity index (χ0) is 19.7. The van der Waals surface area contributed by atoms with E-state index in [9.17, 15) is 19.1 Å². The van der Waals surface area contributed by atoms with Crippen molar-refractivity contribution in [2.45, 2.75) is 50.5 Å². The van der Waals surface area contributed by atoms with Crippen LogP contribution in [0.2, 0.25) is 0 Å². The molecule has 142 valence electrons. The van der Waals surface area contributed by atoms with E-state index < -0.39 is 48.1 Å². The number of terminal acetylenes is 1. The first kappa shape index (κ1) is 19.8. The molecule has 1 aromatic rings. The fourth-order valence-corrected chi connectivity index (χ4v) is 2.39. The number of halogens is 1. The summed E-state index contributed by atoms with van der Waals surface area (Å²) in [5.41, 5.74) is -4.46. The lowest BCUT2D eigenvalue weighted by Gasteiger charge is -2.24. The highest BCUT2D eigenvalue weighted by Crippen LogP contribution is 2.40. The van der Waals surface area contributed by atoms with Gasteiger partial charge < -0.3 is 19.7 Å². The van der Waals surface area contributed by atoms with Crippen molar-refractivity contribution in [2.24, 2.45) is 0 Å². The van der Waals surface area contributed by atoms with Crippen molar-refractivity contribution in [3.8, 4) is 12.3 Å². The molecule has 2 heterocycles. The summed E-state index contributed by atoms with van der Waals surface area (Å²) in [4.78, 5) is 27.5. The molecule has 4 atom stereocenters. The molecule has 1 aromatic heterocycles. The van der Waals surface area contributed by atoms with E-state index >= 15 is 0 Å². The number of nitrogens with zero attached hydrogens (tertiary/aromatic N) is 2. The number of alkyl halides is 1. The summed E-state index contributed by atoms with van der Waals surface area (Å²) < 4.78 is 25.8. The molecule has 1 saturated heterocycles. The van der Waals surface area contributed by atoms with Gasteiger partial charge in [-0.25, -0.2) is 14.0 Å². The largest absolute Gasteiger partial charge is 0.444 e. The van der Waals surface area contributed by atoms with Gasteiger partial charge in [-0.3, -0.25) is 9.88 Å². The summed E-state index contributed by atoms with van der Waals surface area (Å²) in [6, 6.07) is 1.21. The van der Waals surface area contributed by atoms with Gasteiger partial charge in [0.1, 0.15) is 23.6 Å². The molecule has 0 radical (unpaired) electrons. The molecule has 1 amide bonds. The van der Waals surface area contributed by atoms with Gasteiger partial charge in [-0.05, 0) is 26.8 Å². The summed E-state index contributed by atoms with van der Waals surface area (Å²) >= 11 is 0. The summed E-state index contributed by atoms with van der Waals surface area (Å²) in [6.07, 6.45) is 0.624. The molecule has 26 heavy (non-hydrogen) atoms. The maximum Gasteiger partial charge on any atom is 0.413 e. The number of amides is 1. The van der Waals surface area contributed by atoms with Crippen LogP contribution in [0.5, 0.6) is 0 Å². The van der Waals surface area contributed by atoms with Crippen LogP contribution in [0.4, 0.5) is 15.0 Å². The monoisotopic (exact) mass is 369 g/mol. The Morgan fingerprint density at radius 1 is 1.62 bits per heavy atom. The topological polar surface area (TPSA) is 123 Å². The first-order valence-electron chi connectivity index (χ1n) is 7.72. The van der Waals surface area contributed by atoms with Gasteiger partial charge in [-0.15, -0.1) is 6.42 Å². The van der Waals surface area contributed by atoms with Gasteiger partial charge in [0, 0.05) is 6.20 Å². The van der Waals surface area contributed by atoms with E-state index in [4.69, 9.17) is 21.0 Å². The zero-order valence-electron chi connectivity index (χ0n) is 14.5. The van der Waals surface area contributed by atoms with Crippen LogP contribution < -0.4 is 11.0 Å². The third kappa shape index (κ3) is 3.85. The van der Waals surface area contributed by atoms with Crippen molar-refractivity contribution in [1.82, 2.24) is 9.55 Å². The lowest BCUT2D eigenvalue weighted by atomic mass is 9.97. The fourth-order valence-electron chi connectivity index (χ4n) is 2.39. The van der Waals surface area contributed by atoms with Crippen molar-refractivity contribution in [2.75, 3.05) is 11.9 Å². The zero-order valence-corrected chi connectivity index (χ0v) is 14.5. The lowest BCUT2D eigenvalue weighted by Crippen LogP contribution is -2.44. The SMILES string of the molecule is C#C[C@]1(F)[C@H](O)[C@@H](CO)O[C@H]1n1ccc(NC(=O)OC(C)(C)C)nc1=O. The highest BCUT2D eigenvalue weighted by atomic mass is 19.1. The minimum absolute atomic E-state index is 0.122. The average molecular weight is 369 g/mol. The third-order valence-corrected chi connectivity index (χ3v) is 3.56. The predicted molar refractivity (Wildman–Crippen MR) is 88.0 cm³/mol. The van der Waals surface area contributed by atoms with Crippen molar-refractivity contribution in [3.05, 3.63) is 22.7 Å². The molecule has 10 heteroatoms. The summed E-state index contributed by atoms with van der Waals surface area (Å²) in [5.74, 6) is 1.65. The van der Waals surface area contributed by atoms with Gasteiger partial charge in [-0.2, -0.15) is 4.98 Å². The van der Waals surface area contributed by atoms with Crippen LogP contribution in [-0.4, -0.2) is 55.9 Å². The number of anilines is 1. The van der Waals surface area contributed by atoms with Gasteiger partial charge in [0.05, 0.1) is 6.61 Å². The Bertz CT molecular complexity index is 783. The Labute approximate surface area is 148 Å². The maximum absolute atomic E-state index is 14.9. The third-order valence-electron chi connectivity index (χ3n) is 3.56. The Morgan fingerprint density at radius 3 is 2.77 bits per heavy atom. The second kappa shape index (κ2) is 7.03. The normalized spacial score (nSPS) is 28.4. The van der Waals surface area contributed by atoms with Crippen LogP contribution in [0.25, 0.3) is 0 Å². The van der Waals surface area contributed by atoms with Crippen LogP contribution in [0.15, 0.2) is 17.1 Å². The number of rotatable bonds is 3. The van der Waals surface area contributed by atoms with Crippen LogP contribution in [0.1, 0.15) is 27.0 Å². The molecule has 3 N–H and O–H groups in total. The molecular formula is C16H20FN3O6. The first-order chi connectivity index (χ1) is 12.0. The number of carbonyl (C=O) groups is 1. The lowest BCUT2D eigenvalue weighted by molar-refractivity contribution is -0.0542. The van der Waals surface area contributed by atoms with Crippen LogP contribution in [-0.2, 0) is 9.47 Å². The highest BCUT2D eigenvalue weighted by Gasteiger charge is 2.57. The smallest absolute Gasteiger partial charge is 0.413 e. The van der Waals surface area contributed by atoms with Crippen LogP contribution in [0, 0.1) is 12.3 Å². The Kier molecular flexibility index (Phi) is 5.36. The van der Waals surface area contributed by atoms with Crippen molar-refractivity contribution < 1.29 is 28.9 Å². The quantitative estimate of drug-likeness (QED) is 0.650. The van der Waals surface area contributed by atoms with Crippen LogP contribution >= 0.6 is 0 Å². The molecule has 1 aliphatic rings. The standard InChI is InChI=1S/C16H20FN3O6/c1-5-16(17)11(22)9(8-21)25-12(16)20-7-6-10(18-13(20)23)19-14(24)26-15(2,3)4/h1,6-7,9,11-12,21-22H,8H2,2-4H3,(H,18,19,23,24)/t9-,11-,12-,16+/m1/s1. The molecule has 2 rings (SSSR count). The number of nitrogens with one attached hydrogen (secondary N) is 1. The van der Waals surface area contributed by atoms with E-state index in [1.165, 1.54) is 6.07 Å². The first-order valence-corrected chi connectivity index (χ1v) is 7.72. The minimum Gasteiger partial charge on any atom is -0.444 e. The van der Waals surface area contributed by atoms with Crippen molar-refractivity contribution >= 4 is 11.9 Å². The summed E-state index contributed by atoms with van der Waals surface area (Å²) in [6.45, 7) is 4.31. The summed E-state index contributed by atoms with van der Waals surface area (Å²) in [5, 5.41) is 21.3. The number of hydrogen-bond donors (Lipinski definition) is 3. The Hall–Kier alpha value is -2.48. The van der Waals surface area contributed by atoms with E-state index in [0.29, 0.717) is 0 Å². The number of aromatic nitrogens is 2. The molecule has 0 saturated carbocycles. The van der Waals surface area contributed by atoms with E-state index in [1.54, 1.807) is 26.7 Å². The van der Waals surface area contributed by atoms with Crippen LogP contribution in [0.3, 0.4) is 0 Å². The molecule has 0 aliphatic carbocycles. The minimum atomic E-state index is -2.74. The van der Waals surface area contributed by atoms with E-state index in [-0.39, 0.29) is 5.82 Å². The van der Waals surface area contributed by atoms with E-state index in [2.05, 4.69) is 10.3 Å². The highest BCUT2D eigenvalue weighted by molar-refractivity contribution is 5.83. The molecule has 0 aromatic carbocycles. The molecule has 1 fully saturated rings. The average Bonchev–Trinajstić information content (AvgIpc) is 2.78. The van der Waals surface area contributed by atoms with Gasteiger partial charge in [0.25, 0.3) is 0 Å². The van der Waals surface area contributed by atoms with Gasteiger partial charge in [-0.1, -0.05) is 5.92 Å². The van der Waals surface area contributed by atoms with E-state index in [0.717, 1.165) is 10.8 Å². The fraction of sp³-hybridized carbons (Fsp3) is 0.562. The van der Waals surface area contributed by atoms with Gasteiger partial charge >= 0.3 is 11.8 Å². The Balaban J connectivity index is 2.26. The van der Waals surface area contributed by atoms with Gasteiger partial charge in [0.2, 0.25) is 5.67 Å². The number of ether oxygens (including phenoxy) is 2. The molecule has 0 unspecified atom stereocenters. The number of carbonyl (C=O) groups excluding carboxylic acids is 1. The number of hydrogen-bond acceptors (Lipinski definition) is 7. The van der Waals surface area contributed by atoms with Crippen molar-refractivity contribution in [3.63, 3.8) is 0 Å². The Morgan fingerprint density at radius 2 is 2.27 bits per heavy atom. The number of aliphatic hydroxyl groups excluding tert-OH is 2. The molecule has 9 nitrogen and oxygen atoms in total. The van der Waals surface area contributed by atoms with E-state index in [1.807, 2.05) is 0 Å². The predicted octanol–water partition coefficient (Wildman–Crippen LogP) is 0.182. The van der Waals surface area contributed by atoms with Crippen molar-refractivity contribution in [1.29, 1.82) is 0 Å². The number of aliphatic hydroxyl groups is 2. The summed E-state index contributed by atoms with van der Waals surface area (Å²) in [7, 11) is 0. The van der Waals surface area contributed by atoms with Gasteiger partial charge in [0.15, 0.2) is 6.23 Å². The molecule has 1 aliphatic heterocycles.